The second-order valence-electron chi connectivity index (χ2n) is 9.54. The van der Waals surface area contributed by atoms with Crippen LogP contribution in [-0.4, -0.2) is 59.4 Å². The minimum Gasteiger partial charge on any atom is -0.391 e. The maximum atomic E-state index is 12.3. The summed E-state index contributed by atoms with van der Waals surface area (Å²) >= 11 is 0. The molecule has 2 aliphatic rings. The van der Waals surface area contributed by atoms with Crippen molar-refractivity contribution < 1.29 is 10.2 Å². The molecule has 0 bridgehead atoms. The normalized spacial score (nSPS) is 23.8. The van der Waals surface area contributed by atoms with Crippen molar-refractivity contribution in [3.63, 3.8) is 0 Å². The lowest BCUT2D eigenvalue weighted by Gasteiger charge is -2.56. The van der Waals surface area contributed by atoms with Crippen molar-refractivity contribution in [3.8, 4) is 0 Å². The summed E-state index contributed by atoms with van der Waals surface area (Å²) in [5.41, 5.74) is 2.54. The number of pyridine rings is 1. The van der Waals surface area contributed by atoms with Crippen molar-refractivity contribution in [1.29, 1.82) is 0 Å². The summed E-state index contributed by atoms with van der Waals surface area (Å²) in [4.78, 5) is 8.87. The Morgan fingerprint density at radius 1 is 1.14 bits per heavy atom. The van der Waals surface area contributed by atoms with Crippen LogP contribution in [0.1, 0.15) is 49.8 Å². The van der Waals surface area contributed by atoms with Gasteiger partial charge in [0.25, 0.3) is 0 Å². The summed E-state index contributed by atoms with van der Waals surface area (Å²) in [5, 5.41) is 22.2. The van der Waals surface area contributed by atoms with E-state index in [-0.39, 0.29) is 11.5 Å². The summed E-state index contributed by atoms with van der Waals surface area (Å²) in [5.74, 6) is 0.453. The molecule has 1 unspecified atom stereocenters. The predicted octanol–water partition coefficient (Wildman–Crippen LogP) is 2.96. The SMILES string of the molecule is CC(C)c1ccc(C(O)(c2cncc(N3CC[C@@H](O)C3)c2)C2(C)CN(C)C2)cc1. The smallest absolute Gasteiger partial charge is 0.124 e. The van der Waals surface area contributed by atoms with Gasteiger partial charge in [-0.25, -0.2) is 0 Å². The Hall–Kier alpha value is -1.95. The molecule has 2 fully saturated rings. The monoisotopic (exact) mass is 395 g/mol. The average molecular weight is 396 g/mol. The van der Waals surface area contributed by atoms with Gasteiger partial charge in [-0.1, -0.05) is 45.0 Å². The Labute approximate surface area is 174 Å². The number of aliphatic hydroxyl groups is 2. The number of benzene rings is 1. The number of likely N-dealkylation sites (tertiary alicyclic amines) is 1. The molecule has 0 radical (unpaired) electrons. The molecule has 1 aromatic carbocycles. The summed E-state index contributed by atoms with van der Waals surface area (Å²) < 4.78 is 0. The van der Waals surface area contributed by atoms with Crippen molar-refractivity contribution in [2.75, 3.05) is 38.1 Å². The van der Waals surface area contributed by atoms with E-state index in [2.05, 4.69) is 72.9 Å². The largest absolute Gasteiger partial charge is 0.391 e. The first kappa shape index (κ1) is 20.3. The quantitative estimate of drug-likeness (QED) is 0.815. The Kier molecular flexibility index (Phi) is 5.18. The number of aromatic nitrogens is 1. The van der Waals surface area contributed by atoms with E-state index in [1.54, 1.807) is 6.20 Å². The zero-order valence-corrected chi connectivity index (χ0v) is 18.0. The molecule has 29 heavy (non-hydrogen) atoms. The van der Waals surface area contributed by atoms with Crippen LogP contribution in [0, 0.1) is 5.41 Å². The number of anilines is 1. The third-order valence-electron chi connectivity index (χ3n) is 6.78. The van der Waals surface area contributed by atoms with Gasteiger partial charge in [0.15, 0.2) is 0 Å². The van der Waals surface area contributed by atoms with Gasteiger partial charge in [-0.15, -0.1) is 0 Å². The Morgan fingerprint density at radius 2 is 1.83 bits per heavy atom. The molecular weight excluding hydrogens is 362 g/mol. The molecule has 156 valence electrons. The molecule has 0 spiro atoms. The van der Waals surface area contributed by atoms with Crippen LogP contribution in [0.4, 0.5) is 5.69 Å². The summed E-state index contributed by atoms with van der Waals surface area (Å²) in [7, 11) is 2.09. The highest BCUT2D eigenvalue weighted by Gasteiger charge is 2.55. The molecule has 2 N–H and O–H groups in total. The molecule has 2 atom stereocenters. The van der Waals surface area contributed by atoms with Gasteiger partial charge in [-0.3, -0.25) is 4.98 Å². The zero-order chi connectivity index (χ0) is 20.8. The molecule has 2 aromatic rings. The number of β-amino-alcohol motifs (C(OH)–C–C–N with tert-alkyl or cyclic N) is 1. The molecule has 5 heteroatoms. The Balaban J connectivity index is 1.77. The summed E-state index contributed by atoms with van der Waals surface area (Å²) in [6.45, 7) is 9.60. The van der Waals surface area contributed by atoms with Crippen molar-refractivity contribution in [2.45, 2.75) is 44.8 Å². The minimum absolute atomic E-state index is 0.293. The van der Waals surface area contributed by atoms with E-state index in [0.29, 0.717) is 12.5 Å². The van der Waals surface area contributed by atoms with Gasteiger partial charge in [0.2, 0.25) is 0 Å². The van der Waals surface area contributed by atoms with Gasteiger partial charge >= 0.3 is 0 Å². The van der Waals surface area contributed by atoms with Crippen LogP contribution < -0.4 is 4.90 Å². The first-order valence-corrected chi connectivity index (χ1v) is 10.6. The number of rotatable bonds is 5. The van der Waals surface area contributed by atoms with Crippen LogP contribution in [0.2, 0.25) is 0 Å². The van der Waals surface area contributed by atoms with Gasteiger partial charge in [0.1, 0.15) is 5.60 Å². The first-order chi connectivity index (χ1) is 13.7. The molecule has 0 amide bonds. The van der Waals surface area contributed by atoms with Crippen LogP contribution in [-0.2, 0) is 5.60 Å². The van der Waals surface area contributed by atoms with E-state index in [1.807, 2.05) is 6.20 Å². The number of nitrogens with zero attached hydrogens (tertiary/aromatic N) is 3. The highest BCUT2D eigenvalue weighted by molar-refractivity contribution is 5.51. The molecule has 3 heterocycles. The van der Waals surface area contributed by atoms with Crippen molar-refractivity contribution in [3.05, 3.63) is 59.4 Å². The molecular formula is C24H33N3O2. The summed E-state index contributed by atoms with van der Waals surface area (Å²) in [6, 6.07) is 10.5. The second kappa shape index (κ2) is 7.38. The highest BCUT2D eigenvalue weighted by atomic mass is 16.3. The van der Waals surface area contributed by atoms with E-state index < -0.39 is 5.60 Å². The molecule has 5 nitrogen and oxygen atoms in total. The Bertz CT molecular complexity index is 861. The predicted molar refractivity (Wildman–Crippen MR) is 116 cm³/mol. The molecule has 0 aliphatic carbocycles. The fourth-order valence-electron chi connectivity index (χ4n) is 5.12. The fourth-order valence-corrected chi connectivity index (χ4v) is 5.12. The fraction of sp³-hybridized carbons (Fsp3) is 0.542. The second-order valence-corrected chi connectivity index (χ2v) is 9.54. The van der Waals surface area contributed by atoms with Crippen LogP contribution in [0.5, 0.6) is 0 Å². The van der Waals surface area contributed by atoms with Crippen LogP contribution >= 0.6 is 0 Å². The van der Waals surface area contributed by atoms with Gasteiger partial charge in [0, 0.05) is 43.4 Å². The van der Waals surface area contributed by atoms with Crippen LogP contribution in [0.15, 0.2) is 42.7 Å². The molecule has 4 rings (SSSR count). The van der Waals surface area contributed by atoms with E-state index in [1.165, 1.54) is 5.56 Å². The molecule has 2 saturated heterocycles. The third-order valence-corrected chi connectivity index (χ3v) is 6.78. The van der Waals surface area contributed by atoms with Gasteiger partial charge in [-0.05, 0) is 36.6 Å². The first-order valence-electron chi connectivity index (χ1n) is 10.6. The minimum atomic E-state index is -1.13. The third kappa shape index (κ3) is 3.45. The van der Waals surface area contributed by atoms with Crippen molar-refractivity contribution in [2.24, 2.45) is 5.41 Å². The molecule has 2 aliphatic heterocycles. The van der Waals surface area contributed by atoms with Gasteiger partial charge in [0.05, 0.1) is 18.0 Å². The van der Waals surface area contributed by atoms with Gasteiger partial charge in [-0.2, -0.15) is 0 Å². The lowest BCUT2D eigenvalue weighted by Crippen LogP contribution is -2.63. The highest BCUT2D eigenvalue weighted by Crippen LogP contribution is 2.50. The van der Waals surface area contributed by atoms with Gasteiger partial charge < -0.3 is 20.0 Å². The average Bonchev–Trinajstić information content (AvgIpc) is 3.13. The maximum Gasteiger partial charge on any atom is 0.124 e. The lowest BCUT2D eigenvalue weighted by molar-refractivity contribution is -0.127. The van der Waals surface area contributed by atoms with Crippen molar-refractivity contribution in [1.82, 2.24) is 9.88 Å². The Morgan fingerprint density at radius 3 is 2.38 bits per heavy atom. The number of aliphatic hydroxyl groups excluding tert-OH is 1. The van der Waals surface area contributed by atoms with E-state index in [9.17, 15) is 10.2 Å². The molecule has 1 aromatic heterocycles. The van der Waals surface area contributed by atoms with Crippen LogP contribution in [0.3, 0.4) is 0 Å². The van der Waals surface area contributed by atoms with Crippen molar-refractivity contribution >= 4 is 5.69 Å². The van der Waals surface area contributed by atoms with E-state index in [4.69, 9.17) is 0 Å². The van der Waals surface area contributed by atoms with E-state index in [0.717, 1.165) is 42.9 Å². The topological polar surface area (TPSA) is 59.8 Å². The van der Waals surface area contributed by atoms with E-state index >= 15 is 0 Å². The summed E-state index contributed by atoms with van der Waals surface area (Å²) in [6.07, 6.45) is 4.11. The maximum absolute atomic E-state index is 12.3. The van der Waals surface area contributed by atoms with Crippen LogP contribution in [0.25, 0.3) is 0 Å². The zero-order valence-electron chi connectivity index (χ0n) is 18.0. The molecule has 0 saturated carbocycles. The number of hydrogen-bond acceptors (Lipinski definition) is 5. The lowest BCUT2D eigenvalue weighted by atomic mass is 9.62. The number of hydrogen-bond donors (Lipinski definition) is 2. The standard InChI is InChI=1S/C24H33N3O2/c1-17(2)18-5-7-19(8-6-18)24(29,23(3)15-26(4)16-23)20-11-21(13-25-12-20)27-10-9-22(28)14-27/h5-8,11-13,17,22,28-29H,9-10,14-16H2,1-4H3/t22-,24?/m1/s1.